The summed E-state index contributed by atoms with van der Waals surface area (Å²) in [5.41, 5.74) is 1.28. The molecule has 0 aliphatic carbocycles. The van der Waals surface area contributed by atoms with Gasteiger partial charge in [-0.15, -0.1) is 0 Å². The first-order valence-electron chi connectivity index (χ1n) is 7.98. The number of hydrogen-bond donors (Lipinski definition) is 0. The predicted molar refractivity (Wildman–Crippen MR) is 95.8 cm³/mol. The van der Waals surface area contributed by atoms with Crippen molar-refractivity contribution >= 4 is 5.78 Å². The van der Waals surface area contributed by atoms with Crippen molar-refractivity contribution in [3.63, 3.8) is 0 Å². The Balaban J connectivity index is 1.67. The number of benzene rings is 3. The normalized spacial score (nSPS) is 10.6. The molecule has 0 aliphatic rings. The zero-order valence-electron chi connectivity index (χ0n) is 14.0. The summed E-state index contributed by atoms with van der Waals surface area (Å²) < 4.78 is 42.8. The summed E-state index contributed by atoms with van der Waals surface area (Å²) in [5.74, 6) is 5.04. The van der Waals surface area contributed by atoms with Gasteiger partial charge in [-0.1, -0.05) is 30.0 Å². The van der Waals surface area contributed by atoms with Gasteiger partial charge in [-0.2, -0.15) is 13.2 Å². The zero-order valence-corrected chi connectivity index (χ0v) is 14.0. The van der Waals surface area contributed by atoms with Gasteiger partial charge in [0.25, 0.3) is 5.78 Å². The number of alkyl halides is 3. The van der Waals surface area contributed by atoms with Crippen LogP contribution in [0.2, 0.25) is 0 Å². The van der Waals surface area contributed by atoms with Gasteiger partial charge in [-0.25, -0.2) is 0 Å². The van der Waals surface area contributed by atoms with Crippen LogP contribution in [0.5, 0.6) is 11.5 Å². The van der Waals surface area contributed by atoms with E-state index in [1.54, 1.807) is 24.3 Å². The minimum absolute atomic E-state index is 0.330. The number of ketones is 1. The smallest absolute Gasteiger partial charge is 0.454 e. The average Bonchev–Trinajstić information content (AvgIpc) is 2.68. The lowest BCUT2D eigenvalue weighted by Crippen LogP contribution is -2.22. The second-order valence-electron chi connectivity index (χ2n) is 5.59. The second-order valence-corrected chi connectivity index (χ2v) is 5.59. The molecule has 0 saturated carbocycles. The molecule has 0 saturated heterocycles. The van der Waals surface area contributed by atoms with E-state index in [1.807, 2.05) is 30.3 Å². The fourth-order valence-electron chi connectivity index (χ4n) is 2.25. The third-order valence-corrected chi connectivity index (χ3v) is 3.59. The lowest BCUT2D eigenvalue weighted by molar-refractivity contribution is -0.0885. The summed E-state index contributed by atoms with van der Waals surface area (Å²) in [6, 6.07) is 21.4. The molecular formula is C22H13F3O2. The largest absolute Gasteiger partial charge is 0.457 e. The Morgan fingerprint density at radius 1 is 0.704 bits per heavy atom. The fraction of sp³-hybridized carbons (Fsp3) is 0.0455. The van der Waals surface area contributed by atoms with Gasteiger partial charge in [-0.3, -0.25) is 4.79 Å². The van der Waals surface area contributed by atoms with Crippen molar-refractivity contribution in [1.82, 2.24) is 0 Å². The Morgan fingerprint density at radius 3 is 1.70 bits per heavy atom. The summed E-state index contributed by atoms with van der Waals surface area (Å²) in [4.78, 5) is 11.2. The lowest BCUT2D eigenvalue weighted by atomic mass is 10.1. The van der Waals surface area contributed by atoms with E-state index in [9.17, 15) is 18.0 Å². The van der Waals surface area contributed by atoms with Crippen LogP contribution in [0, 0.1) is 11.8 Å². The maximum Gasteiger partial charge on any atom is 0.454 e. The van der Waals surface area contributed by atoms with Gasteiger partial charge < -0.3 is 4.74 Å². The summed E-state index contributed by atoms with van der Waals surface area (Å²) in [7, 11) is 0. The predicted octanol–water partition coefficient (Wildman–Crippen LogP) is 5.62. The first-order valence-corrected chi connectivity index (χ1v) is 7.98. The van der Waals surface area contributed by atoms with Crippen molar-refractivity contribution in [3.8, 4) is 23.3 Å². The van der Waals surface area contributed by atoms with Crippen molar-refractivity contribution < 1.29 is 22.7 Å². The molecule has 0 fully saturated rings. The fourth-order valence-corrected chi connectivity index (χ4v) is 2.25. The molecule has 0 amide bonds. The molecule has 3 aromatic rings. The molecule has 3 rings (SSSR count). The summed E-state index contributed by atoms with van der Waals surface area (Å²) in [6.45, 7) is 0. The number of hydrogen-bond acceptors (Lipinski definition) is 2. The molecule has 5 heteroatoms. The molecule has 3 aromatic carbocycles. The third-order valence-electron chi connectivity index (χ3n) is 3.59. The van der Waals surface area contributed by atoms with Crippen LogP contribution in [-0.2, 0) is 0 Å². The number of Topliss-reactive ketones (excluding diaryl/α,β-unsaturated/α-hetero) is 1. The van der Waals surface area contributed by atoms with Crippen LogP contribution in [0.3, 0.4) is 0 Å². The van der Waals surface area contributed by atoms with Gasteiger partial charge in [0.05, 0.1) is 0 Å². The van der Waals surface area contributed by atoms with Gasteiger partial charge in [0, 0.05) is 16.7 Å². The Bertz CT molecular complexity index is 978. The molecule has 2 nitrogen and oxygen atoms in total. The van der Waals surface area contributed by atoms with Crippen LogP contribution in [0.25, 0.3) is 0 Å². The minimum Gasteiger partial charge on any atom is -0.457 e. The highest BCUT2D eigenvalue weighted by molar-refractivity contribution is 6.00. The number of rotatable bonds is 3. The summed E-state index contributed by atoms with van der Waals surface area (Å²) in [5, 5.41) is 0. The van der Waals surface area contributed by atoms with E-state index in [-0.39, 0.29) is 0 Å². The van der Waals surface area contributed by atoms with Crippen molar-refractivity contribution in [2.24, 2.45) is 0 Å². The Hall–Kier alpha value is -3.52. The van der Waals surface area contributed by atoms with Crippen LogP contribution in [-0.4, -0.2) is 12.0 Å². The molecular weight excluding hydrogens is 353 g/mol. The van der Waals surface area contributed by atoms with Crippen molar-refractivity contribution in [2.75, 3.05) is 0 Å². The maximum absolute atomic E-state index is 12.4. The van der Waals surface area contributed by atoms with Crippen molar-refractivity contribution in [1.29, 1.82) is 0 Å². The molecule has 0 heterocycles. The standard InChI is InChI=1S/C22H13F3O2/c23-22(24,25)21(26)18-10-14-20(15-11-18)27-19-12-8-17(9-13-19)7-6-16-4-2-1-3-5-16/h1-5,8-15H. The van der Waals surface area contributed by atoms with E-state index >= 15 is 0 Å². The molecule has 0 bridgehead atoms. The Labute approximate surface area is 154 Å². The quantitative estimate of drug-likeness (QED) is 0.444. The van der Waals surface area contributed by atoms with Gasteiger partial charge in [0.15, 0.2) is 0 Å². The molecule has 0 unspecified atom stereocenters. The highest BCUT2D eigenvalue weighted by Crippen LogP contribution is 2.25. The first kappa shape index (κ1) is 18.3. The number of carbonyl (C=O) groups excluding carboxylic acids is 1. The first-order chi connectivity index (χ1) is 12.9. The Kier molecular flexibility index (Phi) is 5.28. The van der Waals surface area contributed by atoms with Crippen LogP contribution in [0.4, 0.5) is 13.2 Å². The monoisotopic (exact) mass is 366 g/mol. The number of ether oxygens (including phenoxy) is 1. The van der Waals surface area contributed by atoms with Gasteiger partial charge in [0.1, 0.15) is 11.5 Å². The maximum atomic E-state index is 12.4. The molecule has 0 radical (unpaired) electrons. The minimum atomic E-state index is -4.89. The van der Waals surface area contributed by atoms with Crippen LogP contribution < -0.4 is 4.74 Å². The van der Waals surface area contributed by atoms with Crippen molar-refractivity contribution in [3.05, 3.63) is 95.6 Å². The van der Waals surface area contributed by atoms with Crippen LogP contribution in [0.15, 0.2) is 78.9 Å². The van der Waals surface area contributed by atoms with Crippen molar-refractivity contribution in [2.45, 2.75) is 6.18 Å². The SMILES string of the molecule is O=C(c1ccc(Oc2ccc(C#Cc3ccccc3)cc2)cc1)C(F)(F)F. The van der Waals surface area contributed by atoms with E-state index in [4.69, 9.17) is 4.74 Å². The summed E-state index contributed by atoms with van der Waals surface area (Å²) >= 11 is 0. The average molecular weight is 366 g/mol. The molecule has 27 heavy (non-hydrogen) atoms. The third kappa shape index (κ3) is 4.99. The van der Waals surface area contributed by atoms with E-state index in [1.165, 1.54) is 12.1 Å². The zero-order chi connectivity index (χ0) is 19.3. The topological polar surface area (TPSA) is 26.3 Å². The molecule has 0 aromatic heterocycles. The number of carbonyl (C=O) groups is 1. The van der Waals surface area contributed by atoms with E-state index in [0.29, 0.717) is 11.5 Å². The van der Waals surface area contributed by atoms with Crippen LogP contribution in [0.1, 0.15) is 21.5 Å². The van der Waals surface area contributed by atoms with Gasteiger partial charge >= 0.3 is 6.18 Å². The highest BCUT2D eigenvalue weighted by atomic mass is 19.4. The molecule has 0 aliphatic heterocycles. The van der Waals surface area contributed by atoms with Crippen LogP contribution >= 0.6 is 0 Å². The van der Waals surface area contributed by atoms with E-state index < -0.39 is 17.5 Å². The van der Waals surface area contributed by atoms with E-state index in [0.717, 1.165) is 23.3 Å². The molecule has 0 atom stereocenters. The summed E-state index contributed by atoms with van der Waals surface area (Å²) in [6.07, 6.45) is -4.89. The number of halogens is 3. The van der Waals surface area contributed by atoms with Gasteiger partial charge in [-0.05, 0) is 60.7 Å². The molecule has 134 valence electrons. The highest BCUT2D eigenvalue weighted by Gasteiger charge is 2.39. The molecule has 0 N–H and O–H groups in total. The second kappa shape index (κ2) is 7.79. The Morgan fingerprint density at radius 2 is 1.19 bits per heavy atom. The van der Waals surface area contributed by atoms with Gasteiger partial charge in [0.2, 0.25) is 0 Å². The van der Waals surface area contributed by atoms with E-state index in [2.05, 4.69) is 11.8 Å². The molecule has 0 spiro atoms. The lowest BCUT2D eigenvalue weighted by Gasteiger charge is -2.08.